The predicted octanol–water partition coefficient (Wildman–Crippen LogP) is 3.28. The Morgan fingerprint density at radius 1 is 1.11 bits per heavy atom. The van der Waals surface area contributed by atoms with Crippen LogP contribution in [0.4, 0.5) is 8.78 Å². The molecule has 4 rings (SSSR count). The van der Waals surface area contributed by atoms with Crippen LogP contribution >= 0.6 is 0 Å². The normalized spacial score (nSPS) is 18.6. The van der Waals surface area contributed by atoms with Crippen molar-refractivity contribution < 1.29 is 32.8 Å². The van der Waals surface area contributed by atoms with E-state index in [0.717, 1.165) is 36.7 Å². The number of hydrogen-bond acceptors (Lipinski definition) is 7. The second-order valence-corrected chi connectivity index (χ2v) is 8.87. The standard InChI is InChI=1S/C26H31F2N3O5/c1-33-24-4-3-20(11-25(24)35-9-2-6-30-7-5-29-19-30)15-31-8-10-34-17-26(32,16-31)18-36-23-13-21(27)12-22(28)14-23/h3-5,7,11-14,19,32H,2,6,8-10,15-18H2,1H3. The van der Waals surface area contributed by atoms with Crippen LogP contribution in [0.3, 0.4) is 0 Å². The highest BCUT2D eigenvalue weighted by Crippen LogP contribution is 2.29. The Morgan fingerprint density at radius 3 is 2.69 bits per heavy atom. The number of rotatable bonds is 11. The summed E-state index contributed by atoms with van der Waals surface area (Å²) < 4.78 is 51.5. The van der Waals surface area contributed by atoms with Gasteiger partial charge in [-0.15, -0.1) is 0 Å². The summed E-state index contributed by atoms with van der Waals surface area (Å²) in [7, 11) is 1.60. The minimum Gasteiger partial charge on any atom is -0.493 e. The summed E-state index contributed by atoms with van der Waals surface area (Å²) in [5.74, 6) is -0.169. The molecule has 1 aliphatic rings. The topological polar surface area (TPSA) is 78.2 Å². The molecule has 1 atom stereocenters. The lowest BCUT2D eigenvalue weighted by Gasteiger charge is -2.30. The molecule has 0 spiro atoms. The Hall–Kier alpha value is -3.21. The van der Waals surface area contributed by atoms with E-state index in [1.54, 1.807) is 19.6 Å². The van der Waals surface area contributed by atoms with E-state index in [9.17, 15) is 13.9 Å². The van der Waals surface area contributed by atoms with Crippen molar-refractivity contribution >= 4 is 0 Å². The second-order valence-electron chi connectivity index (χ2n) is 8.87. The number of nitrogens with zero attached hydrogens (tertiary/aromatic N) is 3. The van der Waals surface area contributed by atoms with E-state index >= 15 is 0 Å². The minimum absolute atomic E-state index is 0.0155. The summed E-state index contributed by atoms with van der Waals surface area (Å²) in [5, 5.41) is 11.1. The first-order valence-corrected chi connectivity index (χ1v) is 11.8. The Labute approximate surface area is 209 Å². The highest BCUT2D eigenvalue weighted by molar-refractivity contribution is 5.43. The molecule has 194 valence electrons. The van der Waals surface area contributed by atoms with Crippen LogP contribution in [0.1, 0.15) is 12.0 Å². The number of benzene rings is 2. The molecular formula is C26H31F2N3O5. The van der Waals surface area contributed by atoms with E-state index in [2.05, 4.69) is 4.98 Å². The van der Waals surface area contributed by atoms with E-state index in [-0.39, 0.29) is 25.5 Å². The number of aliphatic hydroxyl groups is 1. The first-order chi connectivity index (χ1) is 17.4. The number of hydrogen-bond donors (Lipinski definition) is 1. The summed E-state index contributed by atoms with van der Waals surface area (Å²) in [4.78, 5) is 6.09. The van der Waals surface area contributed by atoms with Crippen LogP contribution in [0.2, 0.25) is 0 Å². The zero-order chi connectivity index (χ0) is 25.4. The lowest BCUT2D eigenvalue weighted by atomic mass is 10.1. The highest BCUT2D eigenvalue weighted by atomic mass is 19.1. The van der Waals surface area contributed by atoms with Crippen LogP contribution in [0.25, 0.3) is 0 Å². The van der Waals surface area contributed by atoms with Gasteiger partial charge in [-0.2, -0.15) is 0 Å². The van der Waals surface area contributed by atoms with E-state index in [0.29, 0.717) is 37.8 Å². The van der Waals surface area contributed by atoms with Crippen molar-refractivity contribution in [2.24, 2.45) is 0 Å². The average Bonchev–Trinajstić information content (AvgIpc) is 3.29. The predicted molar refractivity (Wildman–Crippen MR) is 128 cm³/mol. The monoisotopic (exact) mass is 503 g/mol. The van der Waals surface area contributed by atoms with Gasteiger partial charge in [0.15, 0.2) is 11.5 Å². The molecule has 1 aliphatic heterocycles. The van der Waals surface area contributed by atoms with Gasteiger partial charge in [0, 0.05) is 56.8 Å². The van der Waals surface area contributed by atoms with Crippen molar-refractivity contribution in [3.05, 3.63) is 72.3 Å². The number of methoxy groups -OCH3 is 1. The summed E-state index contributed by atoms with van der Waals surface area (Å²) in [6.07, 6.45) is 6.24. The fraction of sp³-hybridized carbons (Fsp3) is 0.423. The first kappa shape index (κ1) is 25.9. The van der Waals surface area contributed by atoms with Crippen molar-refractivity contribution in [1.82, 2.24) is 14.5 Å². The number of aryl methyl sites for hydroxylation is 1. The Morgan fingerprint density at radius 2 is 1.94 bits per heavy atom. The Bertz CT molecular complexity index is 1090. The van der Waals surface area contributed by atoms with E-state index in [4.69, 9.17) is 18.9 Å². The average molecular weight is 504 g/mol. The molecule has 2 heterocycles. The molecule has 1 fully saturated rings. The lowest BCUT2D eigenvalue weighted by molar-refractivity contribution is -0.0647. The van der Waals surface area contributed by atoms with Gasteiger partial charge in [-0.1, -0.05) is 6.07 Å². The van der Waals surface area contributed by atoms with Crippen LogP contribution in [0.15, 0.2) is 55.1 Å². The fourth-order valence-electron chi connectivity index (χ4n) is 4.09. The summed E-state index contributed by atoms with van der Waals surface area (Å²) in [6, 6.07) is 8.68. The van der Waals surface area contributed by atoms with Crippen LogP contribution in [0.5, 0.6) is 17.2 Å². The van der Waals surface area contributed by atoms with Crippen molar-refractivity contribution in [3.63, 3.8) is 0 Å². The molecule has 1 N–H and O–H groups in total. The zero-order valence-electron chi connectivity index (χ0n) is 20.2. The maximum Gasteiger partial charge on any atom is 0.161 e. The molecule has 0 aliphatic carbocycles. The Balaban J connectivity index is 1.35. The largest absolute Gasteiger partial charge is 0.493 e. The van der Waals surface area contributed by atoms with Gasteiger partial charge >= 0.3 is 0 Å². The van der Waals surface area contributed by atoms with Gasteiger partial charge in [0.05, 0.1) is 33.3 Å². The second kappa shape index (κ2) is 12.2. The number of ether oxygens (including phenoxy) is 4. The van der Waals surface area contributed by atoms with Crippen LogP contribution in [-0.4, -0.2) is 71.8 Å². The molecule has 36 heavy (non-hydrogen) atoms. The number of imidazole rings is 1. The van der Waals surface area contributed by atoms with E-state index < -0.39 is 17.2 Å². The summed E-state index contributed by atoms with van der Waals surface area (Å²) in [6.45, 7) is 3.05. The molecule has 0 radical (unpaired) electrons. The van der Waals surface area contributed by atoms with Crippen LogP contribution in [0, 0.1) is 11.6 Å². The van der Waals surface area contributed by atoms with Crippen LogP contribution in [-0.2, 0) is 17.8 Å². The first-order valence-electron chi connectivity index (χ1n) is 11.8. The third-order valence-electron chi connectivity index (χ3n) is 5.80. The Kier molecular flexibility index (Phi) is 8.74. The fourth-order valence-corrected chi connectivity index (χ4v) is 4.09. The van der Waals surface area contributed by atoms with Gasteiger partial charge in [-0.3, -0.25) is 4.90 Å². The third kappa shape index (κ3) is 7.39. The summed E-state index contributed by atoms with van der Waals surface area (Å²) in [5.41, 5.74) is -0.365. The molecule has 3 aromatic rings. The van der Waals surface area contributed by atoms with E-state index in [1.165, 1.54) is 0 Å². The van der Waals surface area contributed by atoms with Crippen molar-refractivity contribution in [2.75, 3.05) is 46.6 Å². The molecule has 0 bridgehead atoms. The van der Waals surface area contributed by atoms with Crippen molar-refractivity contribution in [3.8, 4) is 17.2 Å². The zero-order valence-corrected chi connectivity index (χ0v) is 20.2. The SMILES string of the molecule is COc1ccc(CN2CCOCC(O)(COc3cc(F)cc(F)c3)C2)cc1OCCCn1ccnc1. The van der Waals surface area contributed by atoms with Gasteiger partial charge < -0.3 is 28.6 Å². The van der Waals surface area contributed by atoms with Gasteiger partial charge in [-0.25, -0.2) is 13.8 Å². The maximum absolute atomic E-state index is 13.5. The molecular weight excluding hydrogens is 472 g/mol. The number of β-amino-alcohol motifs (C(OH)–C–C–N with tert-alkyl or cyclic N) is 1. The molecule has 0 amide bonds. The number of aromatic nitrogens is 2. The maximum atomic E-state index is 13.5. The van der Waals surface area contributed by atoms with Crippen molar-refractivity contribution in [2.45, 2.75) is 25.1 Å². The van der Waals surface area contributed by atoms with E-state index in [1.807, 2.05) is 33.9 Å². The quantitative estimate of drug-likeness (QED) is 0.403. The smallest absolute Gasteiger partial charge is 0.161 e. The molecule has 1 saturated heterocycles. The molecule has 1 aromatic heterocycles. The van der Waals surface area contributed by atoms with Gasteiger partial charge in [-0.05, 0) is 24.1 Å². The molecule has 2 aromatic carbocycles. The van der Waals surface area contributed by atoms with Crippen LogP contribution < -0.4 is 14.2 Å². The molecule has 0 saturated carbocycles. The van der Waals surface area contributed by atoms with Gasteiger partial charge in [0.25, 0.3) is 0 Å². The van der Waals surface area contributed by atoms with Gasteiger partial charge in [0.2, 0.25) is 0 Å². The highest BCUT2D eigenvalue weighted by Gasteiger charge is 2.33. The molecule has 10 heteroatoms. The lowest BCUT2D eigenvalue weighted by Crippen LogP contribution is -2.48. The van der Waals surface area contributed by atoms with Gasteiger partial charge in [0.1, 0.15) is 29.6 Å². The minimum atomic E-state index is -1.35. The summed E-state index contributed by atoms with van der Waals surface area (Å²) >= 11 is 0. The number of halogens is 2. The molecule has 1 unspecified atom stereocenters. The molecule has 8 nitrogen and oxygen atoms in total. The third-order valence-corrected chi connectivity index (χ3v) is 5.80. The van der Waals surface area contributed by atoms with Crippen molar-refractivity contribution in [1.29, 1.82) is 0 Å².